The van der Waals surface area contributed by atoms with Gasteiger partial charge in [-0.05, 0) is 17.7 Å². The van der Waals surface area contributed by atoms with Crippen LogP contribution < -0.4 is 0 Å². The summed E-state index contributed by atoms with van der Waals surface area (Å²) in [6.07, 6.45) is 1.81. The maximum Gasteiger partial charge on any atom is 0.157 e. The van der Waals surface area contributed by atoms with Crippen LogP contribution in [0.5, 0.6) is 11.5 Å². The van der Waals surface area contributed by atoms with Crippen LogP contribution in [0.1, 0.15) is 5.56 Å². The Morgan fingerprint density at radius 1 is 1.29 bits per heavy atom. The van der Waals surface area contributed by atoms with Crippen molar-refractivity contribution in [3.8, 4) is 11.5 Å². The van der Waals surface area contributed by atoms with Gasteiger partial charge in [-0.1, -0.05) is 6.07 Å². The molecule has 1 aliphatic rings. The predicted molar refractivity (Wildman–Crippen MR) is 53.5 cm³/mol. The molecule has 0 saturated carbocycles. The number of hydrogen-bond acceptors (Lipinski definition) is 4. The molecule has 0 saturated heterocycles. The first-order valence-corrected chi connectivity index (χ1v) is 4.50. The van der Waals surface area contributed by atoms with Gasteiger partial charge in [0.05, 0.1) is 12.9 Å². The fraction of sp³-hybridized carbons (Fsp3) is 0.300. The molecule has 4 heteroatoms. The summed E-state index contributed by atoms with van der Waals surface area (Å²) in [5.74, 6) is -0.150. The minimum absolute atomic E-state index is 0.0707. The summed E-state index contributed by atoms with van der Waals surface area (Å²) in [6, 6.07) is 4.86. The molecule has 0 spiro atoms. The summed E-state index contributed by atoms with van der Waals surface area (Å²) < 4.78 is 0. The Kier molecular flexibility index (Phi) is 2.26. The van der Waals surface area contributed by atoms with E-state index in [2.05, 4.69) is 9.89 Å². The zero-order valence-electron chi connectivity index (χ0n) is 7.72. The van der Waals surface area contributed by atoms with Gasteiger partial charge in [-0.3, -0.25) is 4.99 Å². The molecule has 4 nitrogen and oxygen atoms in total. The third-order valence-corrected chi connectivity index (χ3v) is 2.19. The van der Waals surface area contributed by atoms with Crippen molar-refractivity contribution in [3.05, 3.63) is 23.8 Å². The van der Waals surface area contributed by atoms with E-state index in [9.17, 15) is 5.11 Å². The topological polar surface area (TPSA) is 56.1 Å². The van der Waals surface area contributed by atoms with E-state index in [-0.39, 0.29) is 11.5 Å². The lowest BCUT2D eigenvalue weighted by Gasteiger charge is -2.13. The second-order valence-electron chi connectivity index (χ2n) is 3.32. The summed E-state index contributed by atoms with van der Waals surface area (Å²) in [4.78, 5) is 6.15. The van der Waals surface area contributed by atoms with E-state index in [1.54, 1.807) is 12.1 Å². The highest BCUT2D eigenvalue weighted by Gasteiger charge is 2.07. The first kappa shape index (κ1) is 8.87. The molecule has 0 bridgehead atoms. The first-order chi connectivity index (χ1) is 6.75. The Morgan fingerprint density at radius 3 is 2.79 bits per heavy atom. The Hall–Kier alpha value is -1.71. The number of nitrogens with zero attached hydrogens (tertiary/aromatic N) is 2. The van der Waals surface area contributed by atoms with Crippen molar-refractivity contribution in [2.45, 2.75) is 6.54 Å². The van der Waals surface area contributed by atoms with Crippen molar-refractivity contribution in [1.82, 2.24) is 4.90 Å². The van der Waals surface area contributed by atoms with Gasteiger partial charge < -0.3 is 15.1 Å². The average Bonchev–Trinajstić information content (AvgIpc) is 2.64. The number of phenols is 2. The lowest BCUT2D eigenvalue weighted by Crippen LogP contribution is -2.18. The van der Waals surface area contributed by atoms with E-state index >= 15 is 0 Å². The molecule has 2 rings (SSSR count). The van der Waals surface area contributed by atoms with Gasteiger partial charge in [0.25, 0.3) is 0 Å². The molecule has 0 unspecified atom stereocenters. The van der Waals surface area contributed by atoms with Crippen LogP contribution in [0.4, 0.5) is 0 Å². The summed E-state index contributed by atoms with van der Waals surface area (Å²) in [7, 11) is 0. The average molecular weight is 192 g/mol. The summed E-state index contributed by atoms with van der Waals surface area (Å²) >= 11 is 0. The molecular formula is C10H12N2O2. The van der Waals surface area contributed by atoms with Gasteiger partial charge in [0, 0.05) is 13.1 Å². The number of aromatic hydroxyl groups is 2. The van der Waals surface area contributed by atoms with Gasteiger partial charge in [-0.25, -0.2) is 0 Å². The molecule has 1 aliphatic heterocycles. The maximum atomic E-state index is 9.27. The number of hydrogen-bond donors (Lipinski definition) is 2. The minimum Gasteiger partial charge on any atom is -0.504 e. The standard InChI is InChI=1S/C10H12N2O2/c13-9-2-1-8(5-10(9)14)6-12-4-3-11-7-12/h1-2,5,7,13-14H,3-4,6H2. The van der Waals surface area contributed by atoms with Crippen LogP contribution in [-0.2, 0) is 6.54 Å². The van der Waals surface area contributed by atoms with E-state index in [0.29, 0.717) is 0 Å². The fourth-order valence-corrected chi connectivity index (χ4v) is 1.44. The monoisotopic (exact) mass is 192 g/mol. The van der Waals surface area contributed by atoms with Gasteiger partial charge >= 0.3 is 0 Å². The number of benzene rings is 1. The van der Waals surface area contributed by atoms with Crippen LogP contribution in [0.2, 0.25) is 0 Å². The highest BCUT2D eigenvalue weighted by Crippen LogP contribution is 2.25. The van der Waals surface area contributed by atoms with Crippen LogP contribution >= 0.6 is 0 Å². The molecule has 0 atom stereocenters. The van der Waals surface area contributed by atoms with Crippen molar-refractivity contribution in [1.29, 1.82) is 0 Å². The molecule has 0 aromatic heterocycles. The molecule has 0 fully saturated rings. The SMILES string of the molecule is Oc1ccc(CN2C=NCC2)cc1O. The lowest BCUT2D eigenvalue weighted by molar-refractivity contribution is 0.400. The van der Waals surface area contributed by atoms with E-state index < -0.39 is 0 Å². The van der Waals surface area contributed by atoms with Crippen molar-refractivity contribution in [3.63, 3.8) is 0 Å². The van der Waals surface area contributed by atoms with Crippen LogP contribution in [0, 0.1) is 0 Å². The van der Waals surface area contributed by atoms with Gasteiger partial charge in [-0.15, -0.1) is 0 Å². The van der Waals surface area contributed by atoms with E-state index in [0.717, 1.165) is 25.2 Å². The zero-order chi connectivity index (χ0) is 9.97. The Labute approximate surface area is 82.1 Å². The second kappa shape index (κ2) is 3.57. The van der Waals surface area contributed by atoms with E-state index in [4.69, 9.17) is 5.11 Å². The highest BCUT2D eigenvalue weighted by atomic mass is 16.3. The van der Waals surface area contributed by atoms with Crippen LogP contribution in [-0.4, -0.2) is 34.5 Å². The molecule has 14 heavy (non-hydrogen) atoms. The highest BCUT2D eigenvalue weighted by molar-refractivity contribution is 5.57. The van der Waals surface area contributed by atoms with Crippen molar-refractivity contribution in [2.75, 3.05) is 13.1 Å². The van der Waals surface area contributed by atoms with Gasteiger partial charge in [-0.2, -0.15) is 0 Å². The number of phenolic OH excluding ortho intramolecular Hbond substituents is 2. The van der Waals surface area contributed by atoms with Crippen LogP contribution in [0.3, 0.4) is 0 Å². The molecule has 2 N–H and O–H groups in total. The molecule has 1 aromatic rings. The molecular weight excluding hydrogens is 180 g/mol. The third-order valence-electron chi connectivity index (χ3n) is 2.19. The molecule has 74 valence electrons. The minimum atomic E-state index is -0.0798. The summed E-state index contributed by atoms with van der Waals surface area (Å²) in [5.41, 5.74) is 0.966. The normalized spacial score (nSPS) is 15.0. The molecule has 1 aromatic carbocycles. The molecule has 0 aliphatic carbocycles. The molecule has 0 amide bonds. The predicted octanol–water partition coefficient (Wildman–Crippen LogP) is 0.942. The maximum absolute atomic E-state index is 9.27. The quantitative estimate of drug-likeness (QED) is 0.686. The van der Waals surface area contributed by atoms with Crippen molar-refractivity contribution < 1.29 is 10.2 Å². The first-order valence-electron chi connectivity index (χ1n) is 4.50. The van der Waals surface area contributed by atoms with Gasteiger partial charge in [0.1, 0.15) is 0 Å². The smallest absolute Gasteiger partial charge is 0.157 e. The number of rotatable bonds is 2. The summed E-state index contributed by atoms with van der Waals surface area (Å²) in [5, 5.41) is 18.4. The van der Waals surface area contributed by atoms with Crippen LogP contribution in [0.15, 0.2) is 23.2 Å². The Balaban J connectivity index is 2.09. The lowest BCUT2D eigenvalue weighted by atomic mass is 10.2. The van der Waals surface area contributed by atoms with Crippen molar-refractivity contribution in [2.24, 2.45) is 4.99 Å². The number of aliphatic imine (C=N–C) groups is 1. The molecule has 0 radical (unpaired) electrons. The van der Waals surface area contributed by atoms with E-state index in [1.807, 2.05) is 6.34 Å². The Morgan fingerprint density at radius 2 is 2.14 bits per heavy atom. The largest absolute Gasteiger partial charge is 0.504 e. The second-order valence-corrected chi connectivity index (χ2v) is 3.32. The van der Waals surface area contributed by atoms with E-state index in [1.165, 1.54) is 6.07 Å². The fourth-order valence-electron chi connectivity index (χ4n) is 1.44. The third kappa shape index (κ3) is 1.79. The van der Waals surface area contributed by atoms with Gasteiger partial charge in [0.2, 0.25) is 0 Å². The summed E-state index contributed by atoms with van der Waals surface area (Å²) in [6.45, 7) is 2.48. The zero-order valence-corrected chi connectivity index (χ0v) is 7.72. The molecule has 1 heterocycles. The van der Waals surface area contributed by atoms with Gasteiger partial charge in [0.15, 0.2) is 11.5 Å². The van der Waals surface area contributed by atoms with Crippen molar-refractivity contribution >= 4 is 6.34 Å². The Bertz CT molecular complexity index is 363. The van der Waals surface area contributed by atoms with Crippen LogP contribution in [0.25, 0.3) is 0 Å².